The maximum Gasteiger partial charge on any atom is 0.259 e. The third-order valence-electron chi connectivity index (χ3n) is 4.02. The second-order valence-electron chi connectivity index (χ2n) is 5.28. The second kappa shape index (κ2) is 4.77. The van der Waals surface area contributed by atoms with Crippen molar-refractivity contribution >= 4 is 28.3 Å². The number of benzene rings is 2. The first kappa shape index (κ1) is 12.7. The maximum absolute atomic E-state index is 12.2. The van der Waals surface area contributed by atoms with Gasteiger partial charge in [-0.25, -0.2) is 4.98 Å². The van der Waals surface area contributed by atoms with Crippen LogP contribution in [-0.2, 0) is 11.2 Å². The van der Waals surface area contributed by atoms with Gasteiger partial charge in [-0.3, -0.25) is 9.59 Å². The van der Waals surface area contributed by atoms with Gasteiger partial charge < -0.3 is 4.98 Å². The molecule has 2 aromatic carbocycles. The Labute approximate surface area is 126 Å². The molecular weight excluding hydrogens is 276 g/mol. The zero-order chi connectivity index (χ0) is 15.1. The predicted molar refractivity (Wildman–Crippen MR) is 85.4 cm³/mol. The van der Waals surface area contributed by atoms with Crippen LogP contribution in [0.2, 0.25) is 0 Å². The van der Waals surface area contributed by atoms with Crippen LogP contribution in [0, 0.1) is 0 Å². The molecule has 0 amide bonds. The summed E-state index contributed by atoms with van der Waals surface area (Å²) in [5.74, 6) is 0.474. The van der Waals surface area contributed by atoms with Crippen molar-refractivity contribution < 1.29 is 4.79 Å². The van der Waals surface area contributed by atoms with E-state index in [-0.39, 0.29) is 5.56 Å². The first-order chi connectivity index (χ1) is 10.8. The molecule has 0 saturated carbocycles. The molecule has 0 spiro atoms. The second-order valence-corrected chi connectivity index (χ2v) is 5.28. The first-order valence-electron chi connectivity index (χ1n) is 7.04. The normalized spacial score (nSPS) is 13.5. The van der Waals surface area contributed by atoms with E-state index in [1.165, 1.54) is 0 Å². The molecule has 0 fully saturated rings. The first-order valence-corrected chi connectivity index (χ1v) is 7.04. The van der Waals surface area contributed by atoms with Crippen molar-refractivity contribution in [3.05, 3.63) is 75.8 Å². The molecule has 0 saturated heterocycles. The summed E-state index contributed by atoms with van der Waals surface area (Å²) in [4.78, 5) is 31.1. The van der Waals surface area contributed by atoms with Crippen LogP contribution >= 0.6 is 0 Å². The quantitative estimate of drug-likeness (QED) is 0.737. The number of hydrogen-bond donors (Lipinski definition) is 1. The van der Waals surface area contributed by atoms with Gasteiger partial charge in [0.1, 0.15) is 5.82 Å². The zero-order valence-electron chi connectivity index (χ0n) is 11.7. The van der Waals surface area contributed by atoms with Crippen LogP contribution in [0.25, 0.3) is 22.0 Å². The van der Waals surface area contributed by atoms with Crippen molar-refractivity contribution in [3.63, 3.8) is 0 Å². The summed E-state index contributed by atoms with van der Waals surface area (Å²) >= 11 is 0. The van der Waals surface area contributed by atoms with E-state index in [9.17, 15) is 9.59 Å². The Bertz CT molecular complexity index is 999. The highest BCUT2D eigenvalue weighted by molar-refractivity contribution is 6.19. The summed E-state index contributed by atoms with van der Waals surface area (Å²) in [6, 6.07) is 15.0. The molecule has 0 unspecified atom stereocenters. The number of carbonyl (C=O) groups is 1. The zero-order valence-corrected chi connectivity index (χ0v) is 11.7. The smallest absolute Gasteiger partial charge is 0.259 e. The molecule has 4 heteroatoms. The van der Waals surface area contributed by atoms with Crippen LogP contribution in [0.4, 0.5) is 0 Å². The molecule has 0 radical (unpaired) electrons. The average Bonchev–Trinajstić information content (AvgIpc) is 2.93. The molecule has 1 N–H and O–H groups in total. The summed E-state index contributed by atoms with van der Waals surface area (Å²) in [6.07, 6.45) is 1.45. The van der Waals surface area contributed by atoms with Gasteiger partial charge in [0.25, 0.3) is 5.56 Å². The van der Waals surface area contributed by atoms with Crippen LogP contribution < -0.4 is 5.56 Å². The molecule has 0 aliphatic heterocycles. The van der Waals surface area contributed by atoms with Gasteiger partial charge in [0.15, 0.2) is 6.29 Å². The van der Waals surface area contributed by atoms with Crippen LogP contribution in [0.3, 0.4) is 0 Å². The fourth-order valence-electron chi connectivity index (χ4n) is 2.96. The standard InChI is InChI=1S/C18H12N2O2/c21-10-15-12-6-2-1-5-11(12)9-14(15)17-19-16-8-4-3-7-13(16)18(22)20-17/h1-8,10H,9H2,(H,19,20,22). The molecule has 0 atom stereocenters. The van der Waals surface area contributed by atoms with Crippen LogP contribution in [0.15, 0.2) is 53.3 Å². The highest BCUT2D eigenvalue weighted by Gasteiger charge is 2.23. The van der Waals surface area contributed by atoms with Crippen LogP contribution in [0.1, 0.15) is 17.0 Å². The third kappa shape index (κ3) is 1.81. The molecule has 22 heavy (non-hydrogen) atoms. The number of allylic oxidation sites excluding steroid dienone is 2. The number of nitrogens with zero attached hydrogens (tertiary/aromatic N) is 1. The van der Waals surface area contributed by atoms with Crippen molar-refractivity contribution in [2.45, 2.75) is 6.42 Å². The number of aromatic nitrogens is 2. The van der Waals surface area contributed by atoms with E-state index in [1.807, 2.05) is 30.3 Å². The Hall–Kier alpha value is -3.01. The Morgan fingerprint density at radius 1 is 1.05 bits per heavy atom. The minimum absolute atomic E-state index is 0.186. The lowest BCUT2D eigenvalue weighted by atomic mass is 10.1. The van der Waals surface area contributed by atoms with Gasteiger partial charge in [0.05, 0.1) is 10.9 Å². The minimum Gasteiger partial charge on any atom is -0.306 e. The van der Waals surface area contributed by atoms with Gasteiger partial charge in [-0.15, -0.1) is 0 Å². The van der Waals surface area contributed by atoms with Crippen molar-refractivity contribution in [2.24, 2.45) is 0 Å². The number of aromatic amines is 1. The lowest BCUT2D eigenvalue weighted by molar-refractivity contribution is -0.103. The topological polar surface area (TPSA) is 62.8 Å². The Morgan fingerprint density at radius 2 is 1.82 bits per heavy atom. The third-order valence-corrected chi connectivity index (χ3v) is 4.02. The number of fused-ring (bicyclic) bond motifs is 2. The van der Waals surface area contributed by atoms with E-state index >= 15 is 0 Å². The summed E-state index contributed by atoms with van der Waals surface area (Å²) in [6.45, 7) is 0. The van der Waals surface area contributed by atoms with Gasteiger partial charge >= 0.3 is 0 Å². The molecule has 1 aliphatic carbocycles. The van der Waals surface area contributed by atoms with E-state index in [0.29, 0.717) is 28.7 Å². The van der Waals surface area contributed by atoms with Gasteiger partial charge in [-0.05, 0) is 23.3 Å². The number of rotatable bonds is 2. The highest BCUT2D eigenvalue weighted by Crippen LogP contribution is 2.35. The molecule has 0 bridgehead atoms. The summed E-state index contributed by atoms with van der Waals surface area (Å²) < 4.78 is 0. The molecule has 4 rings (SSSR count). The van der Waals surface area contributed by atoms with E-state index in [2.05, 4.69) is 9.97 Å². The largest absolute Gasteiger partial charge is 0.306 e. The highest BCUT2D eigenvalue weighted by atomic mass is 16.1. The molecule has 1 aliphatic rings. The molecule has 3 aromatic rings. The van der Waals surface area contributed by atoms with Crippen molar-refractivity contribution in [1.82, 2.24) is 9.97 Å². The van der Waals surface area contributed by atoms with Gasteiger partial charge in [-0.1, -0.05) is 36.4 Å². The number of carbonyl (C=O) groups excluding carboxylic acids is 1. The number of nitrogens with one attached hydrogen (secondary N) is 1. The number of para-hydroxylation sites is 1. The van der Waals surface area contributed by atoms with Gasteiger partial charge in [0.2, 0.25) is 0 Å². The maximum atomic E-state index is 12.2. The summed E-state index contributed by atoms with van der Waals surface area (Å²) in [7, 11) is 0. The van der Waals surface area contributed by atoms with Crippen molar-refractivity contribution in [3.8, 4) is 0 Å². The Balaban J connectivity index is 1.96. The molecular formula is C18H12N2O2. The molecule has 1 heterocycles. The molecule has 106 valence electrons. The summed E-state index contributed by atoms with van der Waals surface area (Å²) in [5, 5.41) is 0.551. The molecule has 1 aromatic heterocycles. The number of H-pyrrole nitrogens is 1. The monoisotopic (exact) mass is 288 g/mol. The Kier molecular flexibility index (Phi) is 2.76. The van der Waals surface area contributed by atoms with E-state index in [1.54, 1.807) is 18.2 Å². The van der Waals surface area contributed by atoms with E-state index < -0.39 is 0 Å². The summed E-state index contributed by atoms with van der Waals surface area (Å²) in [5.41, 5.74) is 3.83. The molecule has 4 nitrogen and oxygen atoms in total. The van der Waals surface area contributed by atoms with Gasteiger partial charge in [0, 0.05) is 17.6 Å². The minimum atomic E-state index is -0.186. The van der Waals surface area contributed by atoms with Crippen molar-refractivity contribution in [1.29, 1.82) is 0 Å². The fraction of sp³-hybridized carbons (Fsp3) is 0.0556. The lowest BCUT2D eigenvalue weighted by Gasteiger charge is -2.04. The lowest BCUT2D eigenvalue weighted by Crippen LogP contribution is -2.11. The van der Waals surface area contributed by atoms with Crippen LogP contribution in [0.5, 0.6) is 0 Å². The van der Waals surface area contributed by atoms with Crippen LogP contribution in [-0.4, -0.2) is 16.3 Å². The predicted octanol–water partition coefficient (Wildman–Crippen LogP) is 2.59. The van der Waals surface area contributed by atoms with Gasteiger partial charge in [-0.2, -0.15) is 0 Å². The number of hydrogen-bond acceptors (Lipinski definition) is 3. The fourth-order valence-corrected chi connectivity index (χ4v) is 2.96. The van der Waals surface area contributed by atoms with E-state index in [4.69, 9.17) is 0 Å². The van der Waals surface area contributed by atoms with E-state index in [0.717, 1.165) is 23.0 Å². The number of aldehydes is 1. The Morgan fingerprint density at radius 3 is 2.68 bits per heavy atom. The SMILES string of the molecule is O=CC1=C(c2nc3ccccc3c(=O)[nH]2)Cc2ccccc21. The van der Waals surface area contributed by atoms with Crippen molar-refractivity contribution in [2.75, 3.05) is 0 Å². The average molecular weight is 288 g/mol.